The number of benzene rings is 1. The van der Waals surface area contributed by atoms with Gasteiger partial charge in [-0.1, -0.05) is 44.2 Å². The van der Waals surface area contributed by atoms with Gasteiger partial charge >= 0.3 is 0 Å². The quantitative estimate of drug-likeness (QED) is 0.784. The number of hydrogen-bond donors (Lipinski definition) is 1. The third kappa shape index (κ3) is 5.38. The van der Waals surface area contributed by atoms with Crippen LogP contribution in [-0.2, 0) is 10.0 Å². The minimum Gasteiger partial charge on any atom is -0.215 e. The Bertz CT molecular complexity index is 447. The second-order valence-electron chi connectivity index (χ2n) is 4.70. The van der Waals surface area contributed by atoms with Crippen LogP contribution < -0.4 is 4.72 Å². The van der Waals surface area contributed by atoms with Crippen molar-refractivity contribution in [1.82, 2.24) is 4.72 Å². The number of rotatable bonds is 7. The van der Waals surface area contributed by atoms with Crippen molar-refractivity contribution in [3.63, 3.8) is 0 Å². The molecule has 3 nitrogen and oxygen atoms in total. The molecule has 0 amide bonds. The standard InChI is InChI=1S/C13H20ClNO2S/c1-11(8-14)10-18(16,17)15-9-12(2)13-6-4-3-5-7-13/h3-7,11-12,15H,8-10H2,1-2H3. The maximum absolute atomic E-state index is 11.8. The lowest BCUT2D eigenvalue weighted by atomic mass is 10.0. The van der Waals surface area contributed by atoms with Crippen molar-refractivity contribution >= 4 is 21.6 Å². The molecule has 0 saturated carbocycles. The fourth-order valence-corrected chi connectivity index (χ4v) is 3.36. The van der Waals surface area contributed by atoms with E-state index in [2.05, 4.69) is 4.72 Å². The smallest absolute Gasteiger partial charge is 0.211 e. The van der Waals surface area contributed by atoms with Crippen molar-refractivity contribution in [2.24, 2.45) is 5.92 Å². The number of halogens is 1. The molecule has 0 radical (unpaired) electrons. The van der Waals surface area contributed by atoms with E-state index in [0.717, 1.165) is 5.56 Å². The molecule has 102 valence electrons. The van der Waals surface area contributed by atoms with E-state index in [4.69, 9.17) is 11.6 Å². The van der Waals surface area contributed by atoms with Crippen LogP contribution in [0.3, 0.4) is 0 Å². The fourth-order valence-electron chi connectivity index (χ4n) is 1.63. The Kier molecular flexibility index (Phi) is 6.12. The summed E-state index contributed by atoms with van der Waals surface area (Å²) in [5, 5.41) is 0. The molecule has 0 aromatic heterocycles. The zero-order valence-electron chi connectivity index (χ0n) is 10.8. The molecule has 0 bridgehead atoms. The molecular formula is C13H20ClNO2S. The summed E-state index contributed by atoms with van der Waals surface area (Å²) in [6.07, 6.45) is 0. The molecule has 1 rings (SSSR count). The third-order valence-electron chi connectivity index (χ3n) is 2.75. The van der Waals surface area contributed by atoms with Gasteiger partial charge in [-0.3, -0.25) is 0 Å². The molecule has 1 aromatic rings. The Morgan fingerprint density at radius 1 is 1.22 bits per heavy atom. The van der Waals surface area contributed by atoms with Gasteiger partial charge in [-0.05, 0) is 17.4 Å². The van der Waals surface area contributed by atoms with Crippen LogP contribution in [0.25, 0.3) is 0 Å². The van der Waals surface area contributed by atoms with Crippen LogP contribution >= 0.6 is 11.6 Å². The van der Waals surface area contributed by atoms with Gasteiger partial charge in [0.15, 0.2) is 0 Å². The molecule has 2 atom stereocenters. The van der Waals surface area contributed by atoms with Gasteiger partial charge in [0.2, 0.25) is 10.0 Å². The van der Waals surface area contributed by atoms with E-state index >= 15 is 0 Å². The average molecular weight is 290 g/mol. The Labute approximate surface area is 115 Å². The van der Waals surface area contributed by atoms with Crippen molar-refractivity contribution in [1.29, 1.82) is 0 Å². The summed E-state index contributed by atoms with van der Waals surface area (Å²) in [4.78, 5) is 0. The lowest BCUT2D eigenvalue weighted by Crippen LogP contribution is -2.32. The SMILES string of the molecule is CC(CCl)CS(=O)(=O)NCC(C)c1ccccc1. The van der Waals surface area contributed by atoms with Crippen molar-refractivity contribution in [3.05, 3.63) is 35.9 Å². The van der Waals surface area contributed by atoms with E-state index in [1.54, 1.807) is 0 Å². The Balaban J connectivity index is 2.50. The molecule has 18 heavy (non-hydrogen) atoms. The summed E-state index contributed by atoms with van der Waals surface area (Å²) in [7, 11) is -3.23. The van der Waals surface area contributed by atoms with Gasteiger partial charge in [-0.15, -0.1) is 11.6 Å². The minimum absolute atomic E-state index is 0.0313. The Morgan fingerprint density at radius 2 is 1.83 bits per heavy atom. The average Bonchev–Trinajstić information content (AvgIpc) is 2.36. The van der Waals surface area contributed by atoms with E-state index in [-0.39, 0.29) is 17.6 Å². The monoisotopic (exact) mass is 289 g/mol. The molecule has 0 heterocycles. The zero-order chi connectivity index (χ0) is 13.6. The number of nitrogens with one attached hydrogen (secondary N) is 1. The summed E-state index contributed by atoms with van der Waals surface area (Å²) in [6.45, 7) is 4.25. The van der Waals surface area contributed by atoms with Gasteiger partial charge < -0.3 is 0 Å². The van der Waals surface area contributed by atoms with Crippen LogP contribution in [0, 0.1) is 5.92 Å². The van der Waals surface area contributed by atoms with Crippen molar-refractivity contribution in [2.45, 2.75) is 19.8 Å². The molecule has 2 unspecified atom stereocenters. The molecule has 5 heteroatoms. The number of hydrogen-bond acceptors (Lipinski definition) is 2. The topological polar surface area (TPSA) is 46.2 Å². The highest BCUT2D eigenvalue weighted by atomic mass is 35.5. The number of sulfonamides is 1. The van der Waals surface area contributed by atoms with Crippen LogP contribution in [0.4, 0.5) is 0 Å². The first-order valence-electron chi connectivity index (χ1n) is 6.03. The largest absolute Gasteiger partial charge is 0.215 e. The van der Waals surface area contributed by atoms with Gasteiger partial charge in [-0.25, -0.2) is 13.1 Å². The van der Waals surface area contributed by atoms with E-state index in [0.29, 0.717) is 12.4 Å². The van der Waals surface area contributed by atoms with Gasteiger partial charge in [0, 0.05) is 12.4 Å². The van der Waals surface area contributed by atoms with E-state index < -0.39 is 10.0 Å². The second-order valence-corrected chi connectivity index (χ2v) is 6.86. The number of alkyl halides is 1. The van der Waals surface area contributed by atoms with Crippen LogP contribution in [0.5, 0.6) is 0 Å². The van der Waals surface area contributed by atoms with Crippen molar-refractivity contribution < 1.29 is 8.42 Å². The Morgan fingerprint density at radius 3 is 2.39 bits per heavy atom. The van der Waals surface area contributed by atoms with Gasteiger partial charge in [0.25, 0.3) is 0 Å². The summed E-state index contributed by atoms with van der Waals surface area (Å²) in [5.74, 6) is 0.566. The first kappa shape index (κ1) is 15.5. The predicted octanol–water partition coefficient (Wildman–Crippen LogP) is 2.58. The molecule has 1 aromatic carbocycles. The maximum Gasteiger partial charge on any atom is 0.211 e. The molecule has 0 fully saturated rings. The van der Waals surface area contributed by atoms with Crippen LogP contribution in [0.1, 0.15) is 25.3 Å². The summed E-state index contributed by atoms with van der Waals surface area (Å²) in [5.41, 5.74) is 1.13. The van der Waals surface area contributed by atoms with E-state index in [9.17, 15) is 8.42 Å². The lowest BCUT2D eigenvalue weighted by molar-refractivity contribution is 0.563. The molecule has 0 spiro atoms. The highest BCUT2D eigenvalue weighted by molar-refractivity contribution is 7.89. The third-order valence-corrected chi connectivity index (χ3v) is 4.89. The molecule has 0 aliphatic heterocycles. The second kappa shape index (κ2) is 7.12. The first-order valence-corrected chi connectivity index (χ1v) is 8.21. The minimum atomic E-state index is -3.23. The molecular weight excluding hydrogens is 270 g/mol. The van der Waals surface area contributed by atoms with Crippen molar-refractivity contribution in [2.75, 3.05) is 18.2 Å². The fraction of sp³-hybridized carbons (Fsp3) is 0.538. The highest BCUT2D eigenvalue weighted by Crippen LogP contribution is 2.13. The lowest BCUT2D eigenvalue weighted by Gasteiger charge is -2.14. The summed E-state index contributed by atoms with van der Waals surface area (Å²) < 4.78 is 26.2. The summed E-state index contributed by atoms with van der Waals surface area (Å²) >= 11 is 5.62. The Hall–Kier alpha value is -0.580. The normalized spacial score (nSPS) is 15.3. The molecule has 1 N–H and O–H groups in total. The van der Waals surface area contributed by atoms with E-state index in [1.165, 1.54) is 0 Å². The van der Waals surface area contributed by atoms with Crippen molar-refractivity contribution in [3.8, 4) is 0 Å². The molecule has 0 saturated heterocycles. The zero-order valence-corrected chi connectivity index (χ0v) is 12.3. The molecule has 0 aliphatic carbocycles. The molecule has 0 aliphatic rings. The predicted molar refractivity (Wildman–Crippen MR) is 76.5 cm³/mol. The maximum atomic E-state index is 11.8. The summed E-state index contributed by atoms with van der Waals surface area (Å²) in [6, 6.07) is 9.86. The van der Waals surface area contributed by atoms with Crippen LogP contribution in [-0.4, -0.2) is 26.6 Å². The van der Waals surface area contributed by atoms with Gasteiger partial charge in [0.1, 0.15) is 0 Å². The highest BCUT2D eigenvalue weighted by Gasteiger charge is 2.16. The van der Waals surface area contributed by atoms with Gasteiger partial charge in [-0.2, -0.15) is 0 Å². The van der Waals surface area contributed by atoms with Gasteiger partial charge in [0.05, 0.1) is 5.75 Å². The van der Waals surface area contributed by atoms with E-state index in [1.807, 2.05) is 44.2 Å². The van der Waals surface area contributed by atoms with Crippen LogP contribution in [0.15, 0.2) is 30.3 Å². The van der Waals surface area contributed by atoms with Crippen LogP contribution in [0.2, 0.25) is 0 Å². The first-order chi connectivity index (χ1) is 8.44.